The summed E-state index contributed by atoms with van der Waals surface area (Å²) in [6.07, 6.45) is 2.87. The maximum Gasteiger partial charge on any atom is 0.272 e. The van der Waals surface area contributed by atoms with E-state index in [0.29, 0.717) is 18.8 Å². The van der Waals surface area contributed by atoms with Gasteiger partial charge in [-0.2, -0.15) is 0 Å². The van der Waals surface area contributed by atoms with Crippen molar-refractivity contribution >= 4 is 11.6 Å². The summed E-state index contributed by atoms with van der Waals surface area (Å²) in [6, 6.07) is 9.90. The Morgan fingerprint density at radius 2 is 2.00 bits per heavy atom. The molecule has 2 aromatic rings. The van der Waals surface area contributed by atoms with Crippen LogP contribution in [-0.2, 0) is 17.7 Å². The highest BCUT2D eigenvalue weighted by atomic mass is 16.5. The summed E-state index contributed by atoms with van der Waals surface area (Å²) in [5.74, 6) is 0.880. The molecule has 4 rings (SSSR count). The summed E-state index contributed by atoms with van der Waals surface area (Å²) in [7, 11) is 1.69. The first-order valence-corrected chi connectivity index (χ1v) is 9.85. The van der Waals surface area contributed by atoms with E-state index in [-0.39, 0.29) is 18.1 Å². The summed E-state index contributed by atoms with van der Waals surface area (Å²) in [5.41, 5.74) is 3.87. The van der Waals surface area contributed by atoms with Crippen molar-refractivity contribution in [2.24, 2.45) is 0 Å². The van der Waals surface area contributed by atoms with Crippen molar-refractivity contribution in [2.75, 3.05) is 31.6 Å². The molecule has 6 nitrogen and oxygen atoms in total. The number of amides is 1. The number of fused-ring (bicyclic) bond motifs is 1. The van der Waals surface area contributed by atoms with Crippen molar-refractivity contribution in [3.63, 3.8) is 0 Å². The number of benzene rings is 1. The van der Waals surface area contributed by atoms with Crippen molar-refractivity contribution in [2.45, 2.75) is 39.0 Å². The Bertz CT molecular complexity index is 860. The number of hydrogen-bond donors (Lipinski definition) is 0. The standard InChI is InChI=1S/C22H27N3O3/c1-15-12-25(13-16(2)28-15)18-7-9-23-20(11-18)22(26)24-10-8-19-17(14-24)5-4-6-21(19)27-3/h4-7,9,11,15-16H,8,10,12-14H2,1-3H3. The number of pyridine rings is 1. The van der Waals surface area contributed by atoms with Gasteiger partial charge in [-0.3, -0.25) is 9.78 Å². The lowest BCUT2D eigenvalue weighted by Crippen LogP contribution is -2.45. The Morgan fingerprint density at radius 1 is 1.21 bits per heavy atom. The average molecular weight is 381 g/mol. The van der Waals surface area contributed by atoms with Crippen molar-refractivity contribution < 1.29 is 14.3 Å². The van der Waals surface area contributed by atoms with Gasteiger partial charge in [-0.05, 0) is 44.0 Å². The molecule has 0 saturated carbocycles. The van der Waals surface area contributed by atoms with E-state index in [1.807, 2.05) is 29.2 Å². The molecule has 1 amide bonds. The maximum absolute atomic E-state index is 13.1. The van der Waals surface area contributed by atoms with Gasteiger partial charge in [0.25, 0.3) is 5.91 Å². The number of anilines is 1. The summed E-state index contributed by atoms with van der Waals surface area (Å²) in [4.78, 5) is 21.6. The van der Waals surface area contributed by atoms with Crippen molar-refractivity contribution in [1.29, 1.82) is 0 Å². The van der Waals surface area contributed by atoms with Gasteiger partial charge in [0.05, 0.1) is 19.3 Å². The number of aromatic nitrogens is 1. The molecule has 1 fully saturated rings. The van der Waals surface area contributed by atoms with Gasteiger partial charge in [0.2, 0.25) is 0 Å². The number of carbonyl (C=O) groups is 1. The van der Waals surface area contributed by atoms with Gasteiger partial charge in [-0.25, -0.2) is 0 Å². The van der Waals surface area contributed by atoms with E-state index in [1.54, 1.807) is 13.3 Å². The predicted molar refractivity (Wildman–Crippen MR) is 108 cm³/mol. The van der Waals surface area contributed by atoms with Gasteiger partial charge in [0, 0.05) is 43.6 Å². The predicted octanol–water partition coefficient (Wildman–Crippen LogP) is 2.90. The first-order chi connectivity index (χ1) is 13.5. The highest BCUT2D eigenvalue weighted by molar-refractivity contribution is 5.93. The van der Waals surface area contributed by atoms with Crippen LogP contribution in [-0.4, -0.2) is 54.7 Å². The number of morpholine rings is 1. The molecule has 1 saturated heterocycles. The number of carbonyl (C=O) groups excluding carboxylic acids is 1. The smallest absolute Gasteiger partial charge is 0.272 e. The van der Waals surface area contributed by atoms with E-state index in [1.165, 1.54) is 5.56 Å². The second kappa shape index (κ2) is 7.80. The Morgan fingerprint density at radius 3 is 2.75 bits per heavy atom. The van der Waals surface area contributed by atoms with Crippen LogP contribution in [0, 0.1) is 0 Å². The van der Waals surface area contributed by atoms with Crippen LogP contribution in [0.5, 0.6) is 5.75 Å². The quantitative estimate of drug-likeness (QED) is 0.818. The van der Waals surface area contributed by atoms with Crippen LogP contribution in [0.15, 0.2) is 36.5 Å². The lowest BCUT2D eigenvalue weighted by atomic mass is 9.98. The van der Waals surface area contributed by atoms with E-state index in [2.05, 4.69) is 29.8 Å². The number of hydrogen-bond acceptors (Lipinski definition) is 5. The van der Waals surface area contributed by atoms with Gasteiger partial charge in [0.15, 0.2) is 0 Å². The lowest BCUT2D eigenvalue weighted by Gasteiger charge is -2.37. The summed E-state index contributed by atoms with van der Waals surface area (Å²) < 4.78 is 11.3. The number of ether oxygens (including phenoxy) is 2. The Balaban J connectivity index is 1.53. The summed E-state index contributed by atoms with van der Waals surface area (Å²) in [6.45, 7) is 7.05. The molecule has 1 aromatic heterocycles. The highest BCUT2D eigenvalue weighted by Gasteiger charge is 2.26. The fourth-order valence-corrected chi connectivity index (χ4v) is 4.22. The normalized spacial score (nSPS) is 22.0. The van der Waals surface area contributed by atoms with Crippen LogP contribution in [0.3, 0.4) is 0 Å². The van der Waals surface area contributed by atoms with E-state index >= 15 is 0 Å². The minimum Gasteiger partial charge on any atom is -0.496 e. The zero-order chi connectivity index (χ0) is 19.7. The molecule has 1 aromatic carbocycles. The van der Waals surface area contributed by atoms with Crippen molar-refractivity contribution in [1.82, 2.24) is 9.88 Å². The SMILES string of the molecule is COc1cccc2c1CCN(C(=O)c1cc(N3CC(C)OC(C)C3)ccn1)C2. The van der Waals surface area contributed by atoms with Gasteiger partial charge in [0.1, 0.15) is 11.4 Å². The average Bonchev–Trinajstić information content (AvgIpc) is 2.71. The third kappa shape index (κ3) is 3.69. The molecule has 6 heteroatoms. The first-order valence-electron chi connectivity index (χ1n) is 9.85. The van der Waals surface area contributed by atoms with Crippen LogP contribution in [0.2, 0.25) is 0 Å². The molecule has 2 unspecified atom stereocenters. The second-order valence-corrected chi connectivity index (χ2v) is 7.64. The highest BCUT2D eigenvalue weighted by Crippen LogP contribution is 2.29. The maximum atomic E-state index is 13.1. The van der Waals surface area contributed by atoms with Crippen molar-refractivity contribution in [3.05, 3.63) is 53.3 Å². The molecule has 148 valence electrons. The Kier molecular flexibility index (Phi) is 5.22. The third-order valence-electron chi connectivity index (χ3n) is 5.48. The fourth-order valence-electron chi connectivity index (χ4n) is 4.22. The van der Waals surface area contributed by atoms with Gasteiger partial charge in [-0.15, -0.1) is 0 Å². The Hall–Kier alpha value is -2.60. The zero-order valence-electron chi connectivity index (χ0n) is 16.7. The van der Waals surface area contributed by atoms with Crippen LogP contribution in [0.4, 0.5) is 5.69 Å². The summed E-state index contributed by atoms with van der Waals surface area (Å²) >= 11 is 0. The van der Waals surface area contributed by atoms with E-state index in [4.69, 9.17) is 9.47 Å². The molecule has 28 heavy (non-hydrogen) atoms. The minimum absolute atomic E-state index is 0.0234. The molecule has 0 aliphatic carbocycles. The molecular weight excluding hydrogens is 354 g/mol. The molecule has 2 aliphatic heterocycles. The molecule has 0 spiro atoms. The fraction of sp³-hybridized carbons (Fsp3) is 0.455. The molecule has 0 N–H and O–H groups in total. The van der Waals surface area contributed by atoms with Gasteiger partial charge < -0.3 is 19.3 Å². The number of methoxy groups -OCH3 is 1. The third-order valence-corrected chi connectivity index (χ3v) is 5.48. The van der Waals surface area contributed by atoms with Crippen LogP contribution < -0.4 is 9.64 Å². The number of nitrogens with zero attached hydrogens (tertiary/aromatic N) is 3. The van der Waals surface area contributed by atoms with E-state index in [0.717, 1.165) is 36.5 Å². The molecule has 0 radical (unpaired) electrons. The van der Waals surface area contributed by atoms with Crippen LogP contribution >= 0.6 is 0 Å². The Labute approximate surface area is 166 Å². The minimum atomic E-state index is -0.0234. The molecule has 0 bridgehead atoms. The zero-order valence-corrected chi connectivity index (χ0v) is 16.7. The van der Waals surface area contributed by atoms with Gasteiger partial charge >= 0.3 is 0 Å². The lowest BCUT2D eigenvalue weighted by molar-refractivity contribution is -0.00522. The van der Waals surface area contributed by atoms with Crippen LogP contribution in [0.1, 0.15) is 35.5 Å². The van der Waals surface area contributed by atoms with Crippen molar-refractivity contribution in [3.8, 4) is 5.75 Å². The molecule has 3 heterocycles. The number of rotatable bonds is 3. The topological polar surface area (TPSA) is 54.9 Å². The van der Waals surface area contributed by atoms with E-state index in [9.17, 15) is 4.79 Å². The summed E-state index contributed by atoms with van der Waals surface area (Å²) in [5, 5.41) is 0. The molecule has 2 atom stereocenters. The first kappa shape index (κ1) is 18.7. The largest absolute Gasteiger partial charge is 0.496 e. The second-order valence-electron chi connectivity index (χ2n) is 7.64. The molecular formula is C22H27N3O3. The molecule has 2 aliphatic rings. The van der Waals surface area contributed by atoms with Crippen LogP contribution in [0.25, 0.3) is 0 Å². The van der Waals surface area contributed by atoms with Gasteiger partial charge in [-0.1, -0.05) is 12.1 Å². The monoisotopic (exact) mass is 381 g/mol. The van der Waals surface area contributed by atoms with E-state index < -0.39 is 0 Å².